The maximum Gasteiger partial charge on any atom is 0.238 e. The van der Waals surface area contributed by atoms with Gasteiger partial charge in [0.25, 0.3) is 0 Å². The number of fused-ring (bicyclic) bond motifs is 1. The van der Waals surface area contributed by atoms with Crippen molar-refractivity contribution in [2.75, 3.05) is 6.61 Å². The Labute approximate surface area is 244 Å². The molecule has 0 aliphatic heterocycles. The number of phenols is 3. The molecule has 5 rings (SSSR count). The summed E-state index contributed by atoms with van der Waals surface area (Å²) < 4.78 is 11.9. The van der Waals surface area contributed by atoms with Gasteiger partial charge in [-0.2, -0.15) is 0 Å². The van der Waals surface area contributed by atoms with Crippen molar-refractivity contribution in [3.63, 3.8) is 0 Å². The molecule has 1 fully saturated rings. The topological polar surface area (TPSA) is 141 Å². The summed E-state index contributed by atoms with van der Waals surface area (Å²) in [4.78, 5) is 13.5. The highest BCUT2D eigenvalue weighted by atomic mass is 16.5. The Morgan fingerprint density at radius 1 is 0.905 bits per heavy atom. The number of ether oxygens (including phenoxy) is 1. The molecule has 1 aromatic heterocycles. The molecule has 1 saturated carbocycles. The summed E-state index contributed by atoms with van der Waals surface area (Å²) in [5, 5.41) is 53.4. The molecule has 0 atom stereocenters. The molecule has 5 N–H and O–H groups in total. The van der Waals surface area contributed by atoms with Crippen LogP contribution < -0.4 is 10.2 Å². The van der Waals surface area contributed by atoms with Gasteiger partial charge in [0.1, 0.15) is 34.0 Å². The molecule has 0 amide bonds. The van der Waals surface area contributed by atoms with Gasteiger partial charge in [-0.15, -0.1) is 0 Å². The Morgan fingerprint density at radius 3 is 2.36 bits per heavy atom. The first-order valence-electron chi connectivity index (χ1n) is 14.5. The number of phenolic OH excluding ortho intramolecular Hbond substituents is 3. The lowest BCUT2D eigenvalue weighted by Crippen LogP contribution is -2.33. The van der Waals surface area contributed by atoms with Crippen molar-refractivity contribution in [3.05, 3.63) is 75.4 Å². The zero-order valence-electron chi connectivity index (χ0n) is 24.0. The average molecular weight is 575 g/mol. The van der Waals surface area contributed by atoms with Crippen molar-refractivity contribution in [2.45, 2.75) is 70.8 Å². The molecule has 1 aliphatic rings. The lowest BCUT2D eigenvalue weighted by molar-refractivity contribution is -0.0134. The minimum atomic E-state index is -0.812. The quantitative estimate of drug-likeness (QED) is 0.152. The number of benzene rings is 3. The Morgan fingerprint density at radius 2 is 1.64 bits per heavy atom. The van der Waals surface area contributed by atoms with E-state index in [4.69, 9.17) is 9.15 Å². The fraction of sp³-hybridized carbons (Fsp3) is 0.382. The first kappa shape index (κ1) is 29.3. The van der Waals surface area contributed by atoms with Gasteiger partial charge in [-0.1, -0.05) is 45.2 Å². The van der Waals surface area contributed by atoms with Gasteiger partial charge in [0, 0.05) is 30.5 Å². The maximum atomic E-state index is 13.5. The van der Waals surface area contributed by atoms with E-state index < -0.39 is 16.8 Å². The number of hydrogen-bond acceptors (Lipinski definition) is 8. The first-order chi connectivity index (χ1) is 20.0. The predicted molar refractivity (Wildman–Crippen MR) is 161 cm³/mol. The van der Waals surface area contributed by atoms with Crippen LogP contribution in [-0.4, -0.2) is 37.7 Å². The summed E-state index contributed by atoms with van der Waals surface area (Å²) in [6.07, 6.45) is 5.62. The first-order valence-corrected chi connectivity index (χ1v) is 14.5. The fourth-order valence-corrected chi connectivity index (χ4v) is 5.89. The summed E-state index contributed by atoms with van der Waals surface area (Å²) in [6.45, 7) is 4.17. The molecule has 222 valence electrons. The average Bonchev–Trinajstić information content (AvgIpc) is 2.92. The van der Waals surface area contributed by atoms with E-state index in [9.17, 15) is 30.3 Å². The third-order valence-corrected chi connectivity index (χ3v) is 7.99. The highest BCUT2D eigenvalue weighted by Gasteiger charge is 2.29. The molecule has 4 aromatic rings. The molecular formula is C34H38O8. The van der Waals surface area contributed by atoms with E-state index in [0.717, 1.165) is 24.8 Å². The smallest absolute Gasteiger partial charge is 0.238 e. The van der Waals surface area contributed by atoms with Crippen LogP contribution in [-0.2, 0) is 12.8 Å². The van der Waals surface area contributed by atoms with E-state index in [1.807, 2.05) is 19.9 Å². The van der Waals surface area contributed by atoms with Crippen LogP contribution in [0.15, 0.2) is 57.7 Å². The third kappa shape index (κ3) is 6.34. The second-order valence-corrected chi connectivity index (χ2v) is 11.9. The van der Waals surface area contributed by atoms with Crippen LogP contribution in [0.2, 0.25) is 0 Å². The van der Waals surface area contributed by atoms with E-state index in [-0.39, 0.29) is 52.3 Å². The molecule has 1 heterocycles. The molecule has 3 aromatic carbocycles. The number of hydrogen-bond donors (Lipinski definition) is 5. The number of rotatable bonds is 9. The highest BCUT2D eigenvalue weighted by molar-refractivity contribution is 5.88. The molecule has 42 heavy (non-hydrogen) atoms. The van der Waals surface area contributed by atoms with Crippen LogP contribution in [0.1, 0.15) is 69.1 Å². The van der Waals surface area contributed by atoms with Crippen molar-refractivity contribution in [1.82, 2.24) is 0 Å². The van der Waals surface area contributed by atoms with Gasteiger partial charge >= 0.3 is 0 Å². The maximum absolute atomic E-state index is 13.5. The standard InChI is InChI=1S/C34H38O8/c1-20(2)13-22-16-24(17-23(30(22)37)14-21-7-6-8-25(35)15-21)33-32(39)31(38)29-27(18-26(36)19-28(29)42-33)41-12-11-34(40)9-4-3-5-10-34/h6-8,15-20,35-37,39-40H,3-5,9-14H2,1-2H3. The highest BCUT2D eigenvalue weighted by Crippen LogP contribution is 2.39. The zero-order valence-corrected chi connectivity index (χ0v) is 24.0. The van der Waals surface area contributed by atoms with E-state index in [0.29, 0.717) is 48.8 Å². The van der Waals surface area contributed by atoms with Crippen LogP contribution in [0, 0.1) is 5.92 Å². The van der Waals surface area contributed by atoms with Crippen LogP contribution >= 0.6 is 0 Å². The summed E-state index contributed by atoms with van der Waals surface area (Å²) in [6, 6.07) is 12.7. The molecule has 8 nitrogen and oxygen atoms in total. The molecule has 8 heteroatoms. The molecule has 0 radical (unpaired) electrons. The number of aromatic hydroxyl groups is 4. The SMILES string of the molecule is CC(C)Cc1cc(-c2oc3cc(O)cc(OCCC4(O)CCCCC4)c3c(=O)c2O)cc(Cc2cccc(O)c2)c1O. The van der Waals surface area contributed by atoms with Crippen LogP contribution in [0.4, 0.5) is 0 Å². The van der Waals surface area contributed by atoms with E-state index >= 15 is 0 Å². The van der Waals surface area contributed by atoms with E-state index in [2.05, 4.69) is 0 Å². The van der Waals surface area contributed by atoms with Crippen LogP contribution in [0.25, 0.3) is 22.3 Å². The largest absolute Gasteiger partial charge is 0.508 e. The summed E-state index contributed by atoms with van der Waals surface area (Å²) in [5.74, 6) is -0.405. The van der Waals surface area contributed by atoms with Crippen molar-refractivity contribution < 1.29 is 34.7 Å². The Balaban J connectivity index is 1.55. The van der Waals surface area contributed by atoms with Crippen molar-refractivity contribution in [1.29, 1.82) is 0 Å². The van der Waals surface area contributed by atoms with Gasteiger partial charge in [-0.05, 0) is 66.1 Å². The van der Waals surface area contributed by atoms with Gasteiger partial charge in [-0.3, -0.25) is 4.79 Å². The second kappa shape index (κ2) is 12.0. The summed E-state index contributed by atoms with van der Waals surface area (Å²) in [5.41, 5.74) is 0.829. The van der Waals surface area contributed by atoms with Gasteiger partial charge in [0.15, 0.2) is 5.76 Å². The van der Waals surface area contributed by atoms with E-state index in [1.54, 1.807) is 30.3 Å². The summed E-state index contributed by atoms with van der Waals surface area (Å²) in [7, 11) is 0. The molecule has 0 unspecified atom stereocenters. The Hall–Kier alpha value is -4.17. The lowest BCUT2D eigenvalue weighted by Gasteiger charge is -2.31. The molecule has 0 bridgehead atoms. The molecule has 0 spiro atoms. The van der Waals surface area contributed by atoms with Crippen molar-refractivity contribution in [3.8, 4) is 40.1 Å². The second-order valence-electron chi connectivity index (χ2n) is 11.9. The minimum absolute atomic E-state index is 0.00847. The lowest BCUT2D eigenvalue weighted by atomic mass is 9.83. The van der Waals surface area contributed by atoms with Gasteiger partial charge < -0.3 is 34.7 Å². The molecule has 1 aliphatic carbocycles. The number of aliphatic hydroxyl groups is 1. The van der Waals surface area contributed by atoms with Crippen LogP contribution in [0.5, 0.6) is 28.7 Å². The Bertz CT molecular complexity index is 1650. The molecule has 0 saturated heterocycles. The van der Waals surface area contributed by atoms with Crippen molar-refractivity contribution >= 4 is 11.0 Å². The van der Waals surface area contributed by atoms with Gasteiger partial charge in [0.2, 0.25) is 11.2 Å². The van der Waals surface area contributed by atoms with Gasteiger partial charge in [-0.25, -0.2) is 0 Å². The minimum Gasteiger partial charge on any atom is -0.508 e. The monoisotopic (exact) mass is 574 g/mol. The summed E-state index contributed by atoms with van der Waals surface area (Å²) >= 11 is 0. The normalized spacial score (nSPS) is 14.9. The fourth-order valence-electron chi connectivity index (χ4n) is 5.89. The van der Waals surface area contributed by atoms with Crippen LogP contribution in [0.3, 0.4) is 0 Å². The predicted octanol–water partition coefficient (Wildman–Crippen LogP) is 6.54. The third-order valence-electron chi connectivity index (χ3n) is 7.99. The molecular weight excluding hydrogens is 536 g/mol. The van der Waals surface area contributed by atoms with E-state index in [1.165, 1.54) is 12.1 Å². The van der Waals surface area contributed by atoms with Crippen molar-refractivity contribution in [2.24, 2.45) is 5.92 Å². The zero-order chi connectivity index (χ0) is 30.0. The van der Waals surface area contributed by atoms with Gasteiger partial charge in [0.05, 0.1) is 12.2 Å². The Kier molecular flexibility index (Phi) is 8.36.